The van der Waals surface area contributed by atoms with Crippen LogP contribution in [0.3, 0.4) is 0 Å². The third-order valence-corrected chi connectivity index (χ3v) is 7.71. The van der Waals surface area contributed by atoms with E-state index in [1.165, 1.54) is 16.4 Å². The molecule has 0 radical (unpaired) electrons. The highest BCUT2D eigenvalue weighted by Gasteiger charge is 2.30. The van der Waals surface area contributed by atoms with Crippen molar-refractivity contribution in [2.75, 3.05) is 25.0 Å². The SMILES string of the molecule is CC1CCCN(S(=O)(=O)c2ccc(NCCc3cccc4cccnc34)c([N+](=O)[O-])c2)C1. The summed E-state index contributed by atoms with van der Waals surface area (Å²) >= 11 is 0. The molecule has 0 saturated carbocycles. The van der Waals surface area contributed by atoms with Crippen molar-refractivity contribution in [1.29, 1.82) is 0 Å². The Morgan fingerprint density at radius 2 is 2.03 bits per heavy atom. The minimum absolute atomic E-state index is 0.0397. The number of hydrogen-bond acceptors (Lipinski definition) is 6. The molecule has 3 aromatic rings. The van der Waals surface area contributed by atoms with Gasteiger partial charge in [-0.05, 0) is 48.9 Å². The van der Waals surface area contributed by atoms with Crippen LogP contribution in [0.5, 0.6) is 0 Å². The van der Waals surface area contributed by atoms with Crippen molar-refractivity contribution in [1.82, 2.24) is 9.29 Å². The van der Waals surface area contributed by atoms with Crippen molar-refractivity contribution in [3.63, 3.8) is 0 Å². The largest absolute Gasteiger partial charge is 0.379 e. The topological polar surface area (TPSA) is 105 Å². The zero-order valence-electron chi connectivity index (χ0n) is 17.9. The summed E-state index contributed by atoms with van der Waals surface area (Å²) in [5, 5.41) is 15.8. The predicted molar refractivity (Wildman–Crippen MR) is 124 cm³/mol. The van der Waals surface area contributed by atoms with Gasteiger partial charge in [-0.15, -0.1) is 0 Å². The van der Waals surface area contributed by atoms with Crippen LogP contribution in [0.15, 0.2) is 59.6 Å². The Balaban J connectivity index is 1.52. The zero-order valence-corrected chi connectivity index (χ0v) is 18.7. The predicted octanol–water partition coefficient (Wildman–Crippen LogP) is 4.22. The number of nitro groups is 1. The quantitative estimate of drug-likeness (QED) is 0.423. The molecule has 0 bridgehead atoms. The monoisotopic (exact) mass is 454 g/mol. The average molecular weight is 455 g/mol. The Kier molecular flexibility index (Phi) is 6.38. The molecule has 1 aromatic heterocycles. The number of fused-ring (bicyclic) bond motifs is 1. The molecular formula is C23H26N4O4S. The highest BCUT2D eigenvalue weighted by Crippen LogP contribution is 2.31. The number of piperidine rings is 1. The molecule has 168 valence electrons. The molecule has 1 atom stereocenters. The standard InChI is InChI=1S/C23H26N4O4S/c1-17-5-4-14-26(16-17)32(30,31)20-9-10-21(22(15-20)27(28)29)24-13-11-19-7-2-6-18-8-3-12-25-23(18)19/h2-3,6-10,12,15,17,24H,4-5,11,13-14,16H2,1H3. The number of nitrogens with zero attached hydrogens (tertiary/aromatic N) is 3. The molecule has 1 unspecified atom stereocenters. The van der Waals surface area contributed by atoms with Gasteiger partial charge in [0.25, 0.3) is 5.69 Å². The molecule has 1 fully saturated rings. The van der Waals surface area contributed by atoms with E-state index in [-0.39, 0.29) is 16.5 Å². The highest BCUT2D eigenvalue weighted by molar-refractivity contribution is 7.89. The number of nitrogens with one attached hydrogen (secondary N) is 1. The number of anilines is 1. The van der Waals surface area contributed by atoms with Crippen molar-refractivity contribution in [3.8, 4) is 0 Å². The van der Waals surface area contributed by atoms with Gasteiger partial charge in [0, 0.05) is 37.3 Å². The summed E-state index contributed by atoms with van der Waals surface area (Å²) in [5.74, 6) is 0.276. The van der Waals surface area contributed by atoms with Crippen LogP contribution in [0.25, 0.3) is 10.9 Å². The van der Waals surface area contributed by atoms with E-state index < -0.39 is 14.9 Å². The molecule has 2 aromatic carbocycles. The third kappa shape index (κ3) is 4.58. The van der Waals surface area contributed by atoms with Crippen molar-refractivity contribution in [2.24, 2.45) is 5.92 Å². The van der Waals surface area contributed by atoms with E-state index in [1.54, 1.807) is 6.20 Å². The summed E-state index contributed by atoms with van der Waals surface area (Å²) < 4.78 is 27.5. The first kappa shape index (κ1) is 22.2. The molecule has 2 heterocycles. The smallest absolute Gasteiger partial charge is 0.293 e. The Labute approximate surface area is 187 Å². The fourth-order valence-corrected chi connectivity index (χ4v) is 5.81. The van der Waals surface area contributed by atoms with Crippen LogP contribution in [-0.2, 0) is 16.4 Å². The highest BCUT2D eigenvalue weighted by atomic mass is 32.2. The minimum atomic E-state index is -3.76. The van der Waals surface area contributed by atoms with Crippen molar-refractivity contribution in [3.05, 3.63) is 70.4 Å². The Morgan fingerprint density at radius 3 is 2.81 bits per heavy atom. The number of pyridine rings is 1. The van der Waals surface area contributed by atoms with Crippen LogP contribution in [0.4, 0.5) is 11.4 Å². The summed E-state index contributed by atoms with van der Waals surface area (Å²) in [5.41, 5.74) is 2.00. The first-order chi connectivity index (χ1) is 15.4. The fraction of sp³-hybridized carbons (Fsp3) is 0.348. The summed E-state index contributed by atoms with van der Waals surface area (Å²) in [4.78, 5) is 15.5. The maximum atomic E-state index is 13.0. The summed E-state index contributed by atoms with van der Waals surface area (Å²) in [6.45, 7) is 3.35. The van der Waals surface area contributed by atoms with Crippen LogP contribution < -0.4 is 5.32 Å². The Morgan fingerprint density at radius 1 is 1.22 bits per heavy atom. The van der Waals surface area contributed by atoms with Crippen LogP contribution in [0.1, 0.15) is 25.3 Å². The summed E-state index contributed by atoms with van der Waals surface area (Å²) in [6.07, 6.45) is 4.15. The van der Waals surface area contributed by atoms with E-state index in [2.05, 4.69) is 10.3 Å². The lowest BCUT2D eigenvalue weighted by molar-refractivity contribution is -0.384. The van der Waals surface area contributed by atoms with Gasteiger partial charge in [-0.1, -0.05) is 31.2 Å². The van der Waals surface area contributed by atoms with Gasteiger partial charge in [-0.3, -0.25) is 15.1 Å². The van der Waals surface area contributed by atoms with Gasteiger partial charge in [0.2, 0.25) is 10.0 Å². The molecule has 0 amide bonds. The summed E-state index contributed by atoms with van der Waals surface area (Å²) in [7, 11) is -3.76. The molecule has 0 aliphatic carbocycles. The van der Waals surface area contributed by atoms with E-state index in [1.807, 2.05) is 37.3 Å². The second kappa shape index (κ2) is 9.22. The van der Waals surface area contributed by atoms with Gasteiger partial charge in [0.05, 0.1) is 15.3 Å². The van der Waals surface area contributed by atoms with Gasteiger partial charge in [-0.2, -0.15) is 4.31 Å². The number of para-hydroxylation sites is 1. The summed E-state index contributed by atoms with van der Waals surface area (Å²) in [6, 6.07) is 13.9. The molecule has 1 N–H and O–H groups in total. The van der Waals surface area contributed by atoms with Crippen molar-refractivity contribution < 1.29 is 13.3 Å². The molecule has 9 heteroatoms. The van der Waals surface area contributed by atoms with Gasteiger partial charge >= 0.3 is 0 Å². The van der Waals surface area contributed by atoms with Crippen LogP contribution in [0, 0.1) is 16.0 Å². The lowest BCUT2D eigenvalue weighted by atomic mass is 10.0. The zero-order chi connectivity index (χ0) is 22.7. The van der Waals surface area contributed by atoms with E-state index >= 15 is 0 Å². The van der Waals surface area contributed by atoms with Crippen molar-refractivity contribution in [2.45, 2.75) is 31.1 Å². The van der Waals surface area contributed by atoms with Crippen molar-refractivity contribution >= 4 is 32.3 Å². The lowest BCUT2D eigenvalue weighted by Gasteiger charge is -2.30. The average Bonchev–Trinajstić information content (AvgIpc) is 2.79. The number of nitro benzene ring substituents is 1. The number of sulfonamides is 1. The molecule has 8 nitrogen and oxygen atoms in total. The van der Waals surface area contributed by atoms with Gasteiger partial charge in [-0.25, -0.2) is 8.42 Å². The van der Waals surface area contributed by atoms with Gasteiger partial charge < -0.3 is 5.32 Å². The molecule has 1 aliphatic rings. The number of aromatic nitrogens is 1. The van der Waals surface area contributed by atoms with E-state index in [0.29, 0.717) is 31.7 Å². The normalized spacial score (nSPS) is 17.3. The van der Waals surface area contributed by atoms with E-state index in [4.69, 9.17) is 0 Å². The first-order valence-electron chi connectivity index (χ1n) is 10.7. The molecule has 1 saturated heterocycles. The molecule has 4 rings (SSSR count). The van der Waals surface area contributed by atoms with E-state index in [9.17, 15) is 18.5 Å². The fourth-order valence-electron chi connectivity index (χ4n) is 4.19. The molecule has 1 aliphatic heterocycles. The number of hydrogen-bond donors (Lipinski definition) is 1. The Hall–Kier alpha value is -3.04. The number of benzene rings is 2. The maximum absolute atomic E-state index is 13.0. The molecule has 32 heavy (non-hydrogen) atoms. The lowest BCUT2D eigenvalue weighted by Crippen LogP contribution is -2.39. The van der Waals surface area contributed by atoms with Crippen LogP contribution in [0.2, 0.25) is 0 Å². The minimum Gasteiger partial charge on any atom is -0.379 e. The number of rotatable bonds is 7. The first-order valence-corrected chi connectivity index (χ1v) is 12.2. The van der Waals surface area contributed by atoms with Gasteiger partial charge in [0.15, 0.2) is 0 Å². The van der Waals surface area contributed by atoms with Gasteiger partial charge in [0.1, 0.15) is 5.69 Å². The van der Waals surface area contributed by atoms with Crippen LogP contribution >= 0.6 is 0 Å². The van der Waals surface area contributed by atoms with Crippen LogP contribution in [-0.4, -0.2) is 42.3 Å². The second-order valence-electron chi connectivity index (χ2n) is 8.22. The Bertz CT molecular complexity index is 1240. The second-order valence-corrected chi connectivity index (χ2v) is 10.2. The molecular weight excluding hydrogens is 428 g/mol. The third-order valence-electron chi connectivity index (χ3n) is 5.85. The molecule has 0 spiro atoms. The maximum Gasteiger partial charge on any atom is 0.293 e. The van der Waals surface area contributed by atoms with E-state index in [0.717, 1.165) is 35.4 Å².